The van der Waals surface area contributed by atoms with Gasteiger partial charge in [-0.1, -0.05) is 44.2 Å². The molecule has 0 saturated carbocycles. The van der Waals surface area contributed by atoms with Gasteiger partial charge < -0.3 is 20.5 Å². The first-order chi connectivity index (χ1) is 12.2. The summed E-state index contributed by atoms with van der Waals surface area (Å²) < 4.78 is 5.04. The molecule has 0 aliphatic rings. The molecule has 0 aliphatic heterocycles. The lowest BCUT2D eigenvalue weighted by Gasteiger charge is -2.23. The molecule has 0 fully saturated rings. The lowest BCUT2D eigenvalue weighted by Crippen LogP contribution is -2.53. The number of carbonyl (C=O) groups is 4. The minimum Gasteiger partial charge on any atom is -0.480 e. The van der Waals surface area contributed by atoms with E-state index in [0.717, 1.165) is 5.56 Å². The van der Waals surface area contributed by atoms with E-state index in [4.69, 9.17) is 4.74 Å². The van der Waals surface area contributed by atoms with Crippen LogP contribution in [0.2, 0.25) is 0 Å². The van der Waals surface area contributed by atoms with Gasteiger partial charge in [-0.3, -0.25) is 14.4 Å². The van der Waals surface area contributed by atoms with E-state index in [9.17, 15) is 24.3 Å². The van der Waals surface area contributed by atoms with Gasteiger partial charge in [0.15, 0.2) is 0 Å². The number of hydrogen-bond donors (Lipinski definition) is 3. The zero-order chi connectivity index (χ0) is 19.7. The van der Waals surface area contributed by atoms with Crippen LogP contribution in [0.15, 0.2) is 30.3 Å². The first kappa shape index (κ1) is 21.1. The summed E-state index contributed by atoms with van der Waals surface area (Å²) in [6.45, 7) is 4.70. The fourth-order valence-electron chi connectivity index (χ4n) is 2.18. The summed E-state index contributed by atoms with van der Waals surface area (Å²) in [4.78, 5) is 46.7. The van der Waals surface area contributed by atoms with Crippen molar-refractivity contribution in [1.29, 1.82) is 0 Å². The number of carbonyl (C=O) groups excluding carboxylic acids is 3. The average Bonchev–Trinajstić information content (AvgIpc) is 2.57. The van der Waals surface area contributed by atoms with E-state index >= 15 is 0 Å². The van der Waals surface area contributed by atoms with Gasteiger partial charge in [0.1, 0.15) is 18.7 Å². The molecule has 1 rings (SSSR count). The Bertz CT molecular complexity index is 644. The van der Waals surface area contributed by atoms with Crippen LogP contribution in [-0.2, 0) is 30.5 Å². The van der Waals surface area contributed by atoms with Crippen LogP contribution in [0.25, 0.3) is 0 Å². The third-order valence-corrected chi connectivity index (χ3v) is 3.54. The third kappa shape index (κ3) is 7.33. The van der Waals surface area contributed by atoms with Crippen LogP contribution in [0.5, 0.6) is 0 Å². The number of benzene rings is 1. The van der Waals surface area contributed by atoms with Crippen LogP contribution in [0, 0.1) is 5.92 Å². The van der Waals surface area contributed by atoms with Crippen molar-refractivity contribution in [2.75, 3.05) is 0 Å². The molecule has 3 N–H and O–H groups in total. The highest BCUT2D eigenvalue weighted by Crippen LogP contribution is 2.06. The number of rotatable bonds is 9. The molecule has 1 aromatic carbocycles. The second-order valence-corrected chi connectivity index (χ2v) is 6.17. The van der Waals surface area contributed by atoms with Crippen LogP contribution < -0.4 is 10.6 Å². The van der Waals surface area contributed by atoms with Crippen molar-refractivity contribution in [1.82, 2.24) is 10.6 Å². The molecule has 8 heteroatoms. The molecular weight excluding hydrogens is 340 g/mol. The topological polar surface area (TPSA) is 122 Å². The first-order valence-corrected chi connectivity index (χ1v) is 8.20. The summed E-state index contributed by atoms with van der Waals surface area (Å²) in [6.07, 6.45) is -0.515. The maximum absolute atomic E-state index is 12.3. The van der Waals surface area contributed by atoms with Crippen molar-refractivity contribution in [3.8, 4) is 0 Å². The number of carboxylic acid groups (broad SMARTS) is 1. The smallest absolute Gasteiger partial charge is 0.326 e. The van der Waals surface area contributed by atoms with Crippen LogP contribution in [0.1, 0.15) is 32.8 Å². The molecule has 0 spiro atoms. The maximum atomic E-state index is 12.3. The average molecular weight is 364 g/mol. The van der Waals surface area contributed by atoms with Gasteiger partial charge in [0.25, 0.3) is 0 Å². The summed E-state index contributed by atoms with van der Waals surface area (Å²) >= 11 is 0. The van der Waals surface area contributed by atoms with Gasteiger partial charge in [-0.25, -0.2) is 4.79 Å². The summed E-state index contributed by atoms with van der Waals surface area (Å²) in [5.74, 6) is -3.44. The maximum Gasteiger partial charge on any atom is 0.326 e. The number of aliphatic carboxylic acids is 1. The summed E-state index contributed by atoms with van der Waals surface area (Å²) in [7, 11) is 0. The number of ether oxygens (including phenoxy) is 1. The normalized spacial score (nSPS) is 12.8. The summed E-state index contributed by atoms with van der Waals surface area (Å²) in [5, 5.41) is 14.0. The Hall–Kier alpha value is -2.90. The van der Waals surface area contributed by atoms with Crippen LogP contribution in [-0.4, -0.2) is 40.9 Å². The number of amides is 2. The zero-order valence-electron chi connectivity index (χ0n) is 15.0. The minimum absolute atomic E-state index is 0.0144. The van der Waals surface area contributed by atoms with E-state index in [1.807, 2.05) is 6.07 Å². The van der Waals surface area contributed by atoms with E-state index in [1.54, 1.807) is 38.1 Å². The Labute approximate surface area is 151 Å². The predicted octanol–water partition coefficient (Wildman–Crippen LogP) is 0.850. The van der Waals surface area contributed by atoms with Gasteiger partial charge in [0.05, 0.1) is 6.42 Å². The first-order valence-electron chi connectivity index (χ1n) is 8.20. The molecule has 1 aromatic rings. The molecule has 142 valence electrons. The van der Waals surface area contributed by atoms with Crippen molar-refractivity contribution in [2.24, 2.45) is 5.92 Å². The number of hydrogen-bond acceptors (Lipinski definition) is 5. The largest absolute Gasteiger partial charge is 0.480 e. The molecule has 0 radical (unpaired) electrons. The second kappa shape index (κ2) is 10.2. The molecule has 0 heterocycles. The van der Waals surface area contributed by atoms with E-state index in [2.05, 4.69) is 10.6 Å². The molecule has 0 unspecified atom stereocenters. The molecule has 26 heavy (non-hydrogen) atoms. The highest BCUT2D eigenvalue weighted by molar-refractivity contribution is 5.91. The summed E-state index contributed by atoms with van der Waals surface area (Å²) in [5.41, 5.74) is 0.766. The SMILES string of the molecule is CC(=O)N[C@@H](C(=O)N[C@@H](CC(=O)OCc1ccccc1)C(=O)O)C(C)C. The van der Waals surface area contributed by atoms with Crippen LogP contribution in [0.3, 0.4) is 0 Å². The molecule has 2 atom stereocenters. The highest BCUT2D eigenvalue weighted by Gasteiger charge is 2.29. The third-order valence-electron chi connectivity index (χ3n) is 3.54. The van der Waals surface area contributed by atoms with Crippen molar-refractivity contribution >= 4 is 23.8 Å². The fourth-order valence-corrected chi connectivity index (χ4v) is 2.18. The quantitative estimate of drug-likeness (QED) is 0.559. The van der Waals surface area contributed by atoms with Crippen molar-refractivity contribution < 1.29 is 29.0 Å². The molecule has 0 aromatic heterocycles. The lowest BCUT2D eigenvalue weighted by molar-refractivity contribution is -0.151. The molecular formula is C18H24N2O6. The van der Waals surface area contributed by atoms with Crippen LogP contribution >= 0.6 is 0 Å². The Morgan fingerprint density at radius 2 is 1.69 bits per heavy atom. The second-order valence-electron chi connectivity index (χ2n) is 6.17. The van der Waals surface area contributed by atoms with Gasteiger partial charge in [-0.15, -0.1) is 0 Å². The zero-order valence-corrected chi connectivity index (χ0v) is 15.0. The number of esters is 1. The predicted molar refractivity (Wildman–Crippen MR) is 92.9 cm³/mol. The van der Waals surface area contributed by atoms with Gasteiger partial charge >= 0.3 is 11.9 Å². The van der Waals surface area contributed by atoms with Gasteiger partial charge in [0, 0.05) is 6.92 Å². The van der Waals surface area contributed by atoms with Crippen molar-refractivity contribution in [2.45, 2.75) is 45.9 Å². The Kier molecular flexibility index (Phi) is 8.27. The molecule has 0 saturated heterocycles. The van der Waals surface area contributed by atoms with E-state index < -0.39 is 42.3 Å². The van der Waals surface area contributed by atoms with Gasteiger partial charge in [0.2, 0.25) is 11.8 Å². The monoisotopic (exact) mass is 364 g/mol. The van der Waals surface area contributed by atoms with E-state index in [1.165, 1.54) is 6.92 Å². The molecule has 8 nitrogen and oxygen atoms in total. The van der Waals surface area contributed by atoms with Gasteiger partial charge in [-0.2, -0.15) is 0 Å². The van der Waals surface area contributed by atoms with Crippen molar-refractivity contribution in [3.05, 3.63) is 35.9 Å². The Balaban J connectivity index is 2.64. The standard InChI is InChI=1S/C18H24N2O6/c1-11(2)16(19-12(3)21)17(23)20-14(18(24)25)9-15(22)26-10-13-7-5-4-6-8-13/h4-8,11,14,16H,9-10H2,1-3H3,(H,19,21)(H,20,23)(H,24,25)/t14-,16+/m0/s1. The Morgan fingerprint density at radius 3 is 2.19 bits per heavy atom. The van der Waals surface area contributed by atoms with Gasteiger partial charge in [-0.05, 0) is 11.5 Å². The molecule has 0 aliphatic carbocycles. The van der Waals surface area contributed by atoms with E-state index in [-0.39, 0.29) is 12.5 Å². The van der Waals surface area contributed by atoms with Crippen LogP contribution in [0.4, 0.5) is 0 Å². The number of carboxylic acids is 1. The molecule has 0 bridgehead atoms. The highest BCUT2D eigenvalue weighted by atomic mass is 16.5. The molecule has 2 amide bonds. The van der Waals surface area contributed by atoms with E-state index in [0.29, 0.717) is 0 Å². The minimum atomic E-state index is -1.44. The summed E-state index contributed by atoms with van der Waals surface area (Å²) in [6, 6.07) is 6.60. The fraction of sp³-hybridized carbons (Fsp3) is 0.444. The Morgan fingerprint density at radius 1 is 1.08 bits per heavy atom. The van der Waals surface area contributed by atoms with Crippen molar-refractivity contribution in [3.63, 3.8) is 0 Å². The number of nitrogens with one attached hydrogen (secondary N) is 2. The lowest BCUT2D eigenvalue weighted by atomic mass is 10.0.